The summed E-state index contributed by atoms with van der Waals surface area (Å²) in [4.78, 5) is 23.1. The number of ketones is 1. The number of para-hydroxylation sites is 1. The third-order valence-electron chi connectivity index (χ3n) is 4.91. The summed E-state index contributed by atoms with van der Waals surface area (Å²) in [6.45, 7) is 4.75. The van der Waals surface area contributed by atoms with Gasteiger partial charge in [-0.3, -0.25) is 4.79 Å². The molecule has 0 bridgehead atoms. The summed E-state index contributed by atoms with van der Waals surface area (Å²) in [7, 11) is 1.16. The molecule has 5 nitrogen and oxygen atoms in total. The number of hydrogen-bond donors (Lipinski definition) is 0. The smallest absolute Gasteiger partial charge is 0.379 e. The Labute approximate surface area is 186 Å². The Balaban J connectivity index is 1.67. The molecule has 0 saturated heterocycles. The van der Waals surface area contributed by atoms with Crippen molar-refractivity contribution in [2.75, 3.05) is 20.3 Å². The van der Waals surface area contributed by atoms with Gasteiger partial charge in [0.25, 0.3) is 5.78 Å². The molecule has 166 valence electrons. The van der Waals surface area contributed by atoms with Gasteiger partial charge in [-0.2, -0.15) is 0 Å². The molecular weight excluding hydrogens is 411 g/mol. The van der Waals surface area contributed by atoms with Gasteiger partial charge in [0.1, 0.15) is 30.5 Å². The minimum Gasteiger partial charge on any atom is -0.490 e. The van der Waals surface area contributed by atoms with Crippen LogP contribution in [-0.4, -0.2) is 32.1 Å². The largest absolute Gasteiger partial charge is 0.490 e. The Kier molecular flexibility index (Phi) is 7.60. The van der Waals surface area contributed by atoms with E-state index in [0.717, 1.165) is 29.5 Å². The molecule has 3 aromatic rings. The highest BCUT2D eigenvalue weighted by molar-refractivity contribution is 6.40. The molecule has 0 radical (unpaired) electrons. The normalized spacial score (nSPS) is 10.7. The van der Waals surface area contributed by atoms with Crippen LogP contribution in [0.15, 0.2) is 66.7 Å². The zero-order chi connectivity index (χ0) is 23.1. The highest BCUT2D eigenvalue weighted by Gasteiger charge is 2.17. The highest BCUT2D eigenvalue weighted by Crippen LogP contribution is 2.37. The molecule has 0 atom stereocenters. The standard InChI is InChI=1S/C26H25FO5/c1-17(2)22-5-4-6-23(18-7-11-20(27)12-8-18)25(22)32-16-15-31-21-13-9-19(10-14-21)24(28)26(29)30-3/h4-14,17H,15-16H2,1-3H3. The molecule has 0 fully saturated rings. The van der Waals surface area contributed by atoms with Gasteiger partial charge in [-0.1, -0.05) is 44.2 Å². The SMILES string of the molecule is COC(=O)C(=O)c1ccc(OCCOc2c(-c3ccc(F)cc3)cccc2C(C)C)cc1. The van der Waals surface area contributed by atoms with E-state index >= 15 is 0 Å². The molecule has 3 aromatic carbocycles. The van der Waals surface area contributed by atoms with Crippen LogP contribution in [0.4, 0.5) is 4.39 Å². The minimum absolute atomic E-state index is 0.232. The van der Waals surface area contributed by atoms with Crippen LogP contribution in [0.25, 0.3) is 11.1 Å². The molecule has 3 rings (SSSR count). The molecule has 0 aromatic heterocycles. The maximum Gasteiger partial charge on any atom is 0.379 e. The average Bonchev–Trinajstić information content (AvgIpc) is 2.81. The van der Waals surface area contributed by atoms with Crippen LogP contribution < -0.4 is 9.47 Å². The number of esters is 1. The summed E-state index contributed by atoms with van der Waals surface area (Å²) in [6.07, 6.45) is 0. The van der Waals surface area contributed by atoms with E-state index in [1.165, 1.54) is 24.3 Å². The van der Waals surface area contributed by atoms with E-state index in [0.29, 0.717) is 12.4 Å². The molecule has 0 aliphatic heterocycles. The van der Waals surface area contributed by atoms with Crippen molar-refractivity contribution in [3.8, 4) is 22.6 Å². The van der Waals surface area contributed by atoms with Crippen molar-refractivity contribution in [1.29, 1.82) is 0 Å². The molecule has 0 N–H and O–H groups in total. The van der Waals surface area contributed by atoms with E-state index in [9.17, 15) is 14.0 Å². The Morgan fingerprint density at radius 1 is 0.875 bits per heavy atom. The van der Waals surface area contributed by atoms with Crippen molar-refractivity contribution in [1.82, 2.24) is 0 Å². The number of rotatable bonds is 9. The van der Waals surface area contributed by atoms with Crippen LogP contribution in [0.5, 0.6) is 11.5 Å². The fourth-order valence-corrected chi connectivity index (χ4v) is 3.24. The van der Waals surface area contributed by atoms with E-state index in [1.807, 2.05) is 18.2 Å². The molecule has 0 spiro atoms. The van der Waals surface area contributed by atoms with Gasteiger partial charge in [-0.25, -0.2) is 9.18 Å². The lowest BCUT2D eigenvalue weighted by Crippen LogP contribution is -2.15. The Morgan fingerprint density at radius 2 is 1.53 bits per heavy atom. The number of Topliss-reactive ketones (excluding diaryl/α,β-unsaturated/α-hetero) is 1. The summed E-state index contributed by atoms with van der Waals surface area (Å²) < 4.78 is 29.6. The third kappa shape index (κ3) is 5.52. The quantitative estimate of drug-likeness (QED) is 0.194. The fourth-order valence-electron chi connectivity index (χ4n) is 3.24. The molecule has 0 heterocycles. The van der Waals surface area contributed by atoms with Gasteiger partial charge >= 0.3 is 5.97 Å². The molecule has 32 heavy (non-hydrogen) atoms. The number of carbonyl (C=O) groups is 2. The summed E-state index contributed by atoms with van der Waals surface area (Å²) in [6, 6.07) is 18.5. The van der Waals surface area contributed by atoms with Gasteiger partial charge < -0.3 is 14.2 Å². The first-order chi connectivity index (χ1) is 15.4. The maximum absolute atomic E-state index is 13.4. The second-order valence-corrected chi connectivity index (χ2v) is 7.43. The Bertz CT molecular complexity index is 1070. The van der Waals surface area contributed by atoms with Crippen LogP contribution in [-0.2, 0) is 9.53 Å². The van der Waals surface area contributed by atoms with Gasteiger partial charge in [0, 0.05) is 11.1 Å². The number of methoxy groups -OCH3 is 1. The summed E-state index contributed by atoms with van der Waals surface area (Å²) >= 11 is 0. The highest BCUT2D eigenvalue weighted by atomic mass is 19.1. The average molecular weight is 436 g/mol. The fraction of sp³-hybridized carbons (Fsp3) is 0.231. The van der Waals surface area contributed by atoms with E-state index in [4.69, 9.17) is 9.47 Å². The lowest BCUT2D eigenvalue weighted by molar-refractivity contribution is -0.135. The molecule has 0 unspecified atom stereocenters. The number of carbonyl (C=O) groups excluding carboxylic acids is 2. The number of halogens is 1. The topological polar surface area (TPSA) is 61.8 Å². The van der Waals surface area contributed by atoms with Crippen molar-refractivity contribution in [2.45, 2.75) is 19.8 Å². The van der Waals surface area contributed by atoms with Crippen molar-refractivity contribution in [3.05, 3.63) is 83.7 Å². The first-order valence-corrected chi connectivity index (χ1v) is 10.3. The molecule has 0 saturated carbocycles. The van der Waals surface area contributed by atoms with Gasteiger partial charge in [0.15, 0.2) is 0 Å². The van der Waals surface area contributed by atoms with Crippen molar-refractivity contribution < 1.29 is 28.2 Å². The van der Waals surface area contributed by atoms with Crippen LogP contribution in [0.3, 0.4) is 0 Å². The molecule has 0 amide bonds. The van der Waals surface area contributed by atoms with Crippen molar-refractivity contribution in [2.24, 2.45) is 0 Å². The van der Waals surface area contributed by atoms with Gasteiger partial charge in [-0.05, 0) is 53.4 Å². The number of benzene rings is 3. The Hall–Kier alpha value is -3.67. The van der Waals surface area contributed by atoms with Gasteiger partial charge in [0.05, 0.1) is 7.11 Å². The third-order valence-corrected chi connectivity index (χ3v) is 4.91. The maximum atomic E-state index is 13.4. The van der Waals surface area contributed by atoms with E-state index in [2.05, 4.69) is 18.6 Å². The molecule has 6 heteroatoms. The number of ether oxygens (including phenoxy) is 3. The van der Waals surface area contributed by atoms with Gasteiger partial charge in [-0.15, -0.1) is 0 Å². The van der Waals surface area contributed by atoms with E-state index in [-0.39, 0.29) is 23.9 Å². The Morgan fingerprint density at radius 3 is 2.16 bits per heavy atom. The first kappa shape index (κ1) is 23.0. The van der Waals surface area contributed by atoms with Crippen LogP contribution >= 0.6 is 0 Å². The lowest BCUT2D eigenvalue weighted by Gasteiger charge is -2.18. The zero-order valence-electron chi connectivity index (χ0n) is 18.3. The summed E-state index contributed by atoms with van der Waals surface area (Å²) in [5.41, 5.74) is 3.05. The number of hydrogen-bond acceptors (Lipinski definition) is 5. The van der Waals surface area contributed by atoms with Crippen molar-refractivity contribution in [3.63, 3.8) is 0 Å². The summed E-state index contributed by atoms with van der Waals surface area (Å²) in [5.74, 6) is -0.369. The predicted octanol–water partition coefficient (Wildman–Crippen LogP) is 5.43. The van der Waals surface area contributed by atoms with Gasteiger partial charge in [0.2, 0.25) is 0 Å². The summed E-state index contributed by atoms with van der Waals surface area (Å²) in [5, 5.41) is 0. The zero-order valence-corrected chi connectivity index (χ0v) is 18.3. The second kappa shape index (κ2) is 10.6. The van der Waals surface area contributed by atoms with Crippen LogP contribution in [0.1, 0.15) is 35.7 Å². The monoisotopic (exact) mass is 436 g/mol. The first-order valence-electron chi connectivity index (χ1n) is 10.3. The molecule has 0 aliphatic rings. The van der Waals surface area contributed by atoms with Crippen molar-refractivity contribution >= 4 is 11.8 Å². The van der Waals surface area contributed by atoms with E-state index < -0.39 is 11.8 Å². The molecular formula is C26H25FO5. The van der Waals surface area contributed by atoms with E-state index in [1.54, 1.807) is 24.3 Å². The lowest BCUT2D eigenvalue weighted by atomic mass is 9.95. The van der Waals surface area contributed by atoms with Crippen LogP contribution in [0.2, 0.25) is 0 Å². The minimum atomic E-state index is -0.909. The second-order valence-electron chi connectivity index (χ2n) is 7.43. The van der Waals surface area contributed by atoms with Crippen LogP contribution in [0, 0.1) is 5.82 Å². The predicted molar refractivity (Wildman–Crippen MR) is 120 cm³/mol. The molecule has 0 aliphatic carbocycles.